The zero-order chi connectivity index (χ0) is 16.2. The van der Waals surface area contributed by atoms with Crippen molar-refractivity contribution in [2.75, 3.05) is 13.1 Å². The molecule has 0 radical (unpaired) electrons. The molecule has 120 valence electrons. The number of rotatable bonds is 4. The normalized spacial score (nSPS) is 17.3. The zero-order valence-corrected chi connectivity index (χ0v) is 12.9. The Morgan fingerprint density at radius 1 is 1.35 bits per heavy atom. The minimum absolute atomic E-state index is 0.0465. The van der Waals surface area contributed by atoms with Gasteiger partial charge < -0.3 is 9.64 Å². The lowest BCUT2D eigenvalue weighted by molar-refractivity contribution is -0.131. The summed E-state index contributed by atoms with van der Waals surface area (Å²) >= 11 is 0. The van der Waals surface area contributed by atoms with Crippen molar-refractivity contribution < 1.29 is 9.53 Å². The Morgan fingerprint density at radius 3 is 3.00 bits per heavy atom. The van der Waals surface area contributed by atoms with Crippen LogP contribution < -0.4 is 10.3 Å². The van der Waals surface area contributed by atoms with E-state index in [-0.39, 0.29) is 24.1 Å². The number of ether oxygens (including phenoxy) is 1. The summed E-state index contributed by atoms with van der Waals surface area (Å²) in [5, 5.41) is 3.90. The molecule has 1 atom stereocenters. The Labute approximate surface area is 133 Å². The summed E-state index contributed by atoms with van der Waals surface area (Å²) < 4.78 is 6.99. The molecule has 0 aromatic carbocycles. The van der Waals surface area contributed by atoms with E-state index in [2.05, 4.69) is 10.1 Å². The standard InChI is InChI=1S/C16H18N4O3/c1-12-4-2-5-14(18-12)23-13-7-9-19(10-13)16(22)11-20-15(21)6-3-8-17-20/h2-6,8,13H,7,9-11H2,1H3/t13-/m0/s1. The van der Waals surface area contributed by atoms with Crippen molar-refractivity contribution in [2.45, 2.75) is 26.0 Å². The van der Waals surface area contributed by atoms with E-state index in [4.69, 9.17) is 4.74 Å². The summed E-state index contributed by atoms with van der Waals surface area (Å²) in [6, 6.07) is 8.55. The lowest BCUT2D eigenvalue weighted by Crippen LogP contribution is -2.36. The molecule has 0 aliphatic carbocycles. The number of aryl methyl sites for hydroxylation is 1. The Kier molecular flexibility index (Phi) is 4.36. The van der Waals surface area contributed by atoms with Gasteiger partial charge in [-0.05, 0) is 19.1 Å². The second-order valence-corrected chi connectivity index (χ2v) is 5.51. The Balaban J connectivity index is 1.58. The maximum atomic E-state index is 12.3. The highest BCUT2D eigenvalue weighted by molar-refractivity contribution is 5.76. The predicted molar refractivity (Wildman–Crippen MR) is 83.1 cm³/mol. The van der Waals surface area contributed by atoms with Gasteiger partial charge >= 0.3 is 0 Å². The fourth-order valence-corrected chi connectivity index (χ4v) is 2.54. The predicted octanol–water partition coefficient (Wildman–Crippen LogP) is 0.627. The molecule has 0 N–H and O–H groups in total. The largest absolute Gasteiger partial charge is 0.472 e. The number of aromatic nitrogens is 3. The van der Waals surface area contributed by atoms with Crippen molar-refractivity contribution in [3.8, 4) is 5.88 Å². The van der Waals surface area contributed by atoms with Crippen LogP contribution in [0.3, 0.4) is 0 Å². The van der Waals surface area contributed by atoms with E-state index in [1.54, 1.807) is 11.0 Å². The first-order valence-electron chi connectivity index (χ1n) is 7.52. The monoisotopic (exact) mass is 314 g/mol. The van der Waals surface area contributed by atoms with E-state index < -0.39 is 0 Å². The molecule has 1 saturated heterocycles. The molecule has 3 heterocycles. The van der Waals surface area contributed by atoms with Crippen LogP contribution in [-0.2, 0) is 11.3 Å². The van der Waals surface area contributed by atoms with Crippen LogP contribution >= 0.6 is 0 Å². The van der Waals surface area contributed by atoms with Gasteiger partial charge in [0, 0.05) is 37.0 Å². The molecular formula is C16H18N4O3. The van der Waals surface area contributed by atoms with Gasteiger partial charge in [0.1, 0.15) is 12.6 Å². The van der Waals surface area contributed by atoms with E-state index >= 15 is 0 Å². The molecular weight excluding hydrogens is 296 g/mol. The summed E-state index contributed by atoms with van der Waals surface area (Å²) in [5.41, 5.74) is 0.611. The highest BCUT2D eigenvalue weighted by Crippen LogP contribution is 2.17. The number of nitrogens with zero attached hydrogens (tertiary/aromatic N) is 4. The van der Waals surface area contributed by atoms with Crippen molar-refractivity contribution in [3.05, 3.63) is 52.6 Å². The van der Waals surface area contributed by atoms with Gasteiger partial charge in [-0.25, -0.2) is 9.67 Å². The molecule has 2 aromatic rings. The molecule has 7 nitrogen and oxygen atoms in total. The van der Waals surface area contributed by atoms with Gasteiger partial charge in [-0.2, -0.15) is 5.10 Å². The average Bonchev–Trinajstić information content (AvgIpc) is 2.98. The first kappa shape index (κ1) is 15.2. The van der Waals surface area contributed by atoms with Crippen LogP contribution in [0.5, 0.6) is 5.88 Å². The van der Waals surface area contributed by atoms with Crippen molar-refractivity contribution >= 4 is 5.91 Å². The summed E-state index contributed by atoms with van der Waals surface area (Å²) in [7, 11) is 0. The highest BCUT2D eigenvalue weighted by Gasteiger charge is 2.28. The van der Waals surface area contributed by atoms with Crippen LogP contribution in [0.4, 0.5) is 0 Å². The third-order valence-electron chi connectivity index (χ3n) is 3.72. The maximum absolute atomic E-state index is 12.3. The molecule has 0 unspecified atom stereocenters. The minimum atomic E-state index is -0.281. The lowest BCUT2D eigenvalue weighted by Gasteiger charge is -2.17. The fraction of sp³-hybridized carbons (Fsp3) is 0.375. The van der Waals surface area contributed by atoms with Crippen molar-refractivity contribution in [1.82, 2.24) is 19.7 Å². The topological polar surface area (TPSA) is 77.3 Å². The van der Waals surface area contributed by atoms with Gasteiger partial charge in [-0.3, -0.25) is 9.59 Å². The molecule has 23 heavy (non-hydrogen) atoms. The molecule has 3 rings (SSSR count). The quantitative estimate of drug-likeness (QED) is 0.827. The van der Waals surface area contributed by atoms with Crippen molar-refractivity contribution in [1.29, 1.82) is 0 Å². The molecule has 7 heteroatoms. The van der Waals surface area contributed by atoms with Crippen LogP contribution in [0.25, 0.3) is 0 Å². The summed E-state index contributed by atoms with van der Waals surface area (Å²) in [4.78, 5) is 29.9. The number of carbonyl (C=O) groups is 1. The smallest absolute Gasteiger partial charge is 0.267 e. The van der Waals surface area contributed by atoms with Crippen LogP contribution in [0, 0.1) is 6.92 Å². The van der Waals surface area contributed by atoms with E-state index in [0.29, 0.717) is 19.0 Å². The fourth-order valence-electron chi connectivity index (χ4n) is 2.54. The Morgan fingerprint density at radius 2 is 2.22 bits per heavy atom. The lowest BCUT2D eigenvalue weighted by atomic mass is 10.3. The molecule has 0 bridgehead atoms. The number of pyridine rings is 1. The van der Waals surface area contributed by atoms with Gasteiger partial charge in [0.25, 0.3) is 5.56 Å². The minimum Gasteiger partial charge on any atom is -0.472 e. The number of carbonyl (C=O) groups excluding carboxylic acids is 1. The number of likely N-dealkylation sites (tertiary alicyclic amines) is 1. The van der Waals surface area contributed by atoms with Crippen LogP contribution in [0.2, 0.25) is 0 Å². The maximum Gasteiger partial charge on any atom is 0.267 e. The molecule has 0 spiro atoms. The average molecular weight is 314 g/mol. The molecule has 0 saturated carbocycles. The van der Waals surface area contributed by atoms with Crippen molar-refractivity contribution in [2.24, 2.45) is 0 Å². The van der Waals surface area contributed by atoms with Gasteiger partial charge in [0.15, 0.2) is 0 Å². The second-order valence-electron chi connectivity index (χ2n) is 5.51. The van der Waals surface area contributed by atoms with Crippen LogP contribution in [-0.4, -0.2) is 44.8 Å². The first-order valence-corrected chi connectivity index (χ1v) is 7.52. The van der Waals surface area contributed by atoms with Gasteiger partial charge in [0.2, 0.25) is 11.8 Å². The molecule has 2 aromatic heterocycles. The molecule has 1 aliphatic heterocycles. The number of hydrogen-bond acceptors (Lipinski definition) is 5. The molecule has 1 aliphatic rings. The SMILES string of the molecule is Cc1cccc(O[C@H]2CCN(C(=O)Cn3ncccc3=O)C2)n1. The van der Waals surface area contributed by atoms with Crippen LogP contribution in [0.1, 0.15) is 12.1 Å². The third kappa shape index (κ3) is 3.74. The second kappa shape index (κ2) is 6.60. The summed E-state index contributed by atoms with van der Waals surface area (Å²) in [6.07, 6.45) is 2.17. The number of hydrogen-bond donors (Lipinski definition) is 0. The van der Waals surface area contributed by atoms with Gasteiger partial charge in [-0.15, -0.1) is 0 Å². The third-order valence-corrected chi connectivity index (χ3v) is 3.72. The van der Waals surface area contributed by atoms with E-state index in [9.17, 15) is 9.59 Å². The summed E-state index contributed by atoms with van der Waals surface area (Å²) in [5.74, 6) is 0.444. The van der Waals surface area contributed by atoms with Gasteiger partial charge in [-0.1, -0.05) is 6.07 Å². The highest BCUT2D eigenvalue weighted by atomic mass is 16.5. The molecule has 1 fully saturated rings. The summed E-state index contributed by atoms with van der Waals surface area (Å²) in [6.45, 7) is 2.96. The van der Waals surface area contributed by atoms with E-state index in [1.807, 2.05) is 25.1 Å². The number of amides is 1. The Bertz CT molecular complexity index is 759. The Hall–Kier alpha value is -2.70. The van der Waals surface area contributed by atoms with E-state index in [0.717, 1.165) is 12.1 Å². The van der Waals surface area contributed by atoms with Crippen LogP contribution in [0.15, 0.2) is 41.3 Å². The molecule has 1 amide bonds. The van der Waals surface area contributed by atoms with Crippen molar-refractivity contribution in [3.63, 3.8) is 0 Å². The zero-order valence-electron chi connectivity index (χ0n) is 12.9. The first-order chi connectivity index (χ1) is 11.1. The van der Waals surface area contributed by atoms with E-state index in [1.165, 1.54) is 16.9 Å². The van der Waals surface area contributed by atoms with Gasteiger partial charge in [0.05, 0.1) is 6.54 Å².